The highest BCUT2D eigenvalue weighted by molar-refractivity contribution is 5.79. The maximum atomic E-state index is 11.7. The zero-order chi connectivity index (χ0) is 11.4. The summed E-state index contributed by atoms with van der Waals surface area (Å²) in [6.07, 6.45) is 1.68. The first kappa shape index (κ1) is 12.5. The van der Waals surface area contributed by atoms with E-state index in [2.05, 4.69) is 25.9 Å². The normalized spacial score (nSPS) is 26.7. The molecule has 2 unspecified atom stereocenters. The fourth-order valence-corrected chi connectivity index (χ4v) is 2.16. The molecule has 1 amide bonds. The Labute approximate surface area is 92.4 Å². The lowest BCUT2D eigenvalue weighted by molar-refractivity contribution is -0.128. The second-order valence-electron chi connectivity index (χ2n) is 4.68. The van der Waals surface area contributed by atoms with Crippen LogP contribution in [-0.2, 0) is 4.79 Å². The molecule has 0 saturated carbocycles. The van der Waals surface area contributed by atoms with Crippen LogP contribution in [0.5, 0.6) is 0 Å². The first-order valence-corrected chi connectivity index (χ1v) is 5.70. The van der Waals surface area contributed by atoms with E-state index in [0.29, 0.717) is 24.9 Å². The predicted molar refractivity (Wildman–Crippen MR) is 61.5 cm³/mol. The van der Waals surface area contributed by atoms with Gasteiger partial charge in [-0.05, 0) is 40.5 Å². The first-order valence-electron chi connectivity index (χ1n) is 5.70. The van der Waals surface area contributed by atoms with Crippen LogP contribution in [-0.4, -0.2) is 55.5 Å². The molecule has 0 aliphatic carbocycles. The molecule has 1 aliphatic rings. The molecule has 0 spiro atoms. The highest BCUT2D eigenvalue weighted by Crippen LogP contribution is 2.24. The molecule has 1 aliphatic heterocycles. The number of hydrogen-bond donors (Lipinski definition) is 1. The van der Waals surface area contributed by atoms with E-state index in [1.807, 2.05) is 4.90 Å². The van der Waals surface area contributed by atoms with Crippen molar-refractivity contribution in [2.75, 3.05) is 33.7 Å². The Morgan fingerprint density at radius 1 is 1.53 bits per heavy atom. The van der Waals surface area contributed by atoms with Crippen LogP contribution in [0.25, 0.3) is 0 Å². The molecule has 1 fully saturated rings. The summed E-state index contributed by atoms with van der Waals surface area (Å²) in [6, 6.07) is 0.324. The SMILES string of the molecule is CC1C(CN)CC(=O)N1CCCN(C)C. The second-order valence-corrected chi connectivity index (χ2v) is 4.68. The number of carbonyl (C=O) groups is 1. The van der Waals surface area contributed by atoms with Gasteiger partial charge in [0.1, 0.15) is 0 Å². The Hall–Kier alpha value is -0.610. The van der Waals surface area contributed by atoms with Gasteiger partial charge in [0.25, 0.3) is 0 Å². The van der Waals surface area contributed by atoms with E-state index in [1.165, 1.54) is 0 Å². The highest BCUT2D eigenvalue weighted by atomic mass is 16.2. The molecule has 0 aromatic heterocycles. The van der Waals surface area contributed by atoms with Gasteiger partial charge in [-0.3, -0.25) is 4.79 Å². The van der Waals surface area contributed by atoms with Gasteiger partial charge in [0, 0.05) is 24.9 Å². The first-order chi connectivity index (χ1) is 7.06. The molecule has 4 heteroatoms. The van der Waals surface area contributed by atoms with Crippen molar-refractivity contribution in [2.45, 2.75) is 25.8 Å². The van der Waals surface area contributed by atoms with E-state index in [-0.39, 0.29) is 5.91 Å². The van der Waals surface area contributed by atoms with Crippen LogP contribution in [0.4, 0.5) is 0 Å². The predicted octanol–water partition coefficient (Wildman–Crippen LogP) is 0.134. The van der Waals surface area contributed by atoms with Crippen LogP contribution in [0, 0.1) is 5.92 Å². The third kappa shape index (κ3) is 3.18. The Kier molecular flexibility index (Phi) is 4.54. The lowest BCUT2D eigenvalue weighted by Crippen LogP contribution is -2.36. The average molecular weight is 213 g/mol. The zero-order valence-electron chi connectivity index (χ0n) is 10.1. The molecule has 1 heterocycles. The summed E-state index contributed by atoms with van der Waals surface area (Å²) < 4.78 is 0. The maximum absolute atomic E-state index is 11.7. The zero-order valence-corrected chi connectivity index (χ0v) is 10.1. The topological polar surface area (TPSA) is 49.6 Å². The van der Waals surface area contributed by atoms with E-state index in [4.69, 9.17) is 5.73 Å². The van der Waals surface area contributed by atoms with Crippen LogP contribution in [0.15, 0.2) is 0 Å². The van der Waals surface area contributed by atoms with Crippen molar-refractivity contribution < 1.29 is 4.79 Å². The van der Waals surface area contributed by atoms with Crippen LogP contribution in [0.1, 0.15) is 19.8 Å². The number of likely N-dealkylation sites (tertiary alicyclic amines) is 1. The Bertz CT molecular complexity index is 218. The van der Waals surface area contributed by atoms with Gasteiger partial charge in [0.2, 0.25) is 5.91 Å². The smallest absolute Gasteiger partial charge is 0.223 e. The summed E-state index contributed by atoms with van der Waals surface area (Å²) in [6.45, 7) is 4.63. The molecule has 88 valence electrons. The molecule has 1 rings (SSSR count). The summed E-state index contributed by atoms with van der Waals surface area (Å²) in [5, 5.41) is 0. The summed E-state index contributed by atoms with van der Waals surface area (Å²) in [7, 11) is 4.11. The quantitative estimate of drug-likeness (QED) is 0.706. The van der Waals surface area contributed by atoms with Crippen LogP contribution in [0.3, 0.4) is 0 Å². The number of amides is 1. The molecular formula is C11H23N3O. The van der Waals surface area contributed by atoms with E-state index in [9.17, 15) is 4.79 Å². The summed E-state index contributed by atoms with van der Waals surface area (Å²) >= 11 is 0. The van der Waals surface area contributed by atoms with E-state index >= 15 is 0 Å². The van der Waals surface area contributed by atoms with Gasteiger partial charge >= 0.3 is 0 Å². The van der Waals surface area contributed by atoms with Crippen molar-refractivity contribution in [3.8, 4) is 0 Å². The third-order valence-electron chi connectivity index (χ3n) is 3.24. The summed E-state index contributed by atoms with van der Waals surface area (Å²) in [5.41, 5.74) is 5.64. The number of carbonyl (C=O) groups excluding carboxylic acids is 1. The van der Waals surface area contributed by atoms with Gasteiger partial charge in [-0.1, -0.05) is 0 Å². The van der Waals surface area contributed by atoms with Crippen molar-refractivity contribution in [1.29, 1.82) is 0 Å². The molecule has 2 N–H and O–H groups in total. The van der Waals surface area contributed by atoms with Gasteiger partial charge in [0.05, 0.1) is 0 Å². The Balaban J connectivity index is 2.37. The molecular weight excluding hydrogens is 190 g/mol. The maximum Gasteiger partial charge on any atom is 0.223 e. The number of nitrogens with zero attached hydrogens (tertiary/aromatic N) is 2. The lowest BCUT2D eigenvalue weighted by Gasteiger charge is -2.24. The highest BCUT2D eigenvalue weighted by Gasteiger charge is 2.35. The monoisotopic (exact) mass is 213 g/mol. The van der Waals surface area contributed by atoms with E-state index < -0.39 is 0 Å². The van der Waals surface area contributed by atoms with Gasteiger partial charge in [-0.15, -0.1) is 0 Å². The Morgan fingerprint density at radius 2 is 2.20 bits per heavy atom. The molecule has 0 radical (unpaired) electrons. The standard InChI is InChI=1S/C11H23N3O/c1-9-10(8-12)7-11(15)14(9)6-4-5-13(2)3/h9-10H,4-8,12H2,1-3H3. The van der Waals surface area contributed by atoms with Crippen LogP contribution >= 0.6 is 0 Å². The minimum absolute atomic E-state index is 0.275. The van der Waals surface area contributed by atoms with E-state index in [0.717, 1.165) is 19.5 Å². The van der Waals surface area contributed by atoms with Gasteiger partial charge in [-0.25, -0.2) is 0 Å². The van der Waals surface area contributed by atoms with E-state index in [1.54, 1.807) is 0 Å². The molecule has 0 aromatic rings. The molecule has 4 nitrogen and oxygen atoms in total. The molecule has 1 saturated heterocycles. The molecule has 2 atom stereocenters. The van der Waals surface area contributed by atoms with Crippen LogP contribution in [0.2, 0.25) is 0 Å². The fraction of sp³-hybridized carbons (Fsp3) is 0.909. The molecule has 0 bridgehead atoms. The molecule has 15 heavy (non-hydrogen) atoms. The summed E-state index contributed by atoms with van der Waals surface area (Å²) in [5.74, 6) is 0.633. The fourth-order valence-electron chi connectivity index (χ4n) is 2.16. The van der Waals surface area contributed by atoms with Gasteiger partial charge in [-0.2, -0.15) is 0 Å². The largest absolute Gasteiger partial charge is 0.340 e. The van der Waals surface area contributed by atoms with Gasteiger partial charge < -0.3 is 15.5 Å². The minimum Gasteiger partial charge on any atom is -0.340 e. The lowest BCUT2D eigenvalue weighted by atomic mass is 10.0. The average Bonchev–Trinajstić information content (AvgIpc) is 2.44. The second kappa shape index (κ2) is 5.47. The van der Waals surface area contributed by atoms with Gasteiger partial charge in [0.15, 0.2) is 0 Å². The minimum atomic E-state index is 0.275. The van der Waals surface area contributed by atoms with Crippen molar-refractivity contribution in [2.24, 2.45) is 11.7 Å². The number of rotatable bonds is 5. The summed E-state index contributed by atoms with van der Waals surface area (Å²) in [4.78, 5) is 15.8. The van der Waals surface area contributed by atoms with Crippen molar-refractivity contribution in [3.05, 3.63) is 0 Å². The molecule has 0 aromatic carbocycles. The van der Waals surface area contributed by atoms with Crippen molar-refractivity contribution in [1.82, 2.24) is 9.80 Å². The van der Waals surface area contributed by atoms with Crippen molar-refractivity contribution in [3.63, 3.8) is 0 Å². The third-order valence-corrected chi connectivity index (χ3v) is 3.24. The number of nitrogens with two attached hydrogens (primary N) is 1. The van der Waals surface area contributed by atoms with Crippen LogP contribution < -0.4 is 5.73 Å². The van der Waals surface area contributed by atoms with Crippen molar-refractivity contribution >= 4 is 5.91 Å². The Morgan fingerprint density at radius 3 is 2.67 bits per heavy atom. The number of hydrogen-bond acceptors (Lipinski definition) is 3.